The Bertz CT molecular complexity index is 1440. The Balaban J connectivity index is 1.74. The van der Waals surface area contributed by atoms with E-state index in [-0.39, 0.29) is 18.5 Å². The second kappa shape index (κ2) is 14.1. The van der Waals surface area contributed by atoms with Gasteiger partial charge in [-0.15, -0.1) is 0 Å². The molecular weight excluding hydrogens is 602 g/mol. The van der Waals surface area contributed by atoms with E-state index in [0.717, 1.165) is 59.4 Å². The first-order valence-electron chi connectivity index (χ1n) is 14.0. The topological polar surface area (TPSA) is 86.8 Å². The van der Waals surface area contributed by atoms with Gasteiger partial charge in [0.25, 0.3) is 0 Å². The van der Waals surface area contributed by atoms with E-state index < -0.39 is 28.5 Å². The van der Waals surface area contributed by atoms with Gasteiger partial charge in [0.05, 0.1) is 11.9 Å². The third kappa shape index (κ3) is 8.42. The molecule has 4 rings (SSSR count). The minimum Gasteiger partial charge on any atom is -0.352 e. The maximum atomic E-state index is 14.3. The predicted molar refractivity (Wildman–Crippen MR) is 167 cm³/mol. The summed E-state index contributed by atoms with van der Waals surface area (Å²) in [4.78, 5) is 29.8. The molecule has 0 radical (unpaired) electrons. The second-order valence-electron chi connectivity index (χ2n) is 10.7. The molecule has 0 heterocycles. The molecule has 1 aliphatic carbocycles. The number of amides is 2. The van der Waals surface area contributed by atoms with Gasteiger partial charge < -0.3 is 10.2 Å². The summed E-state index contributed by atoms with van der Waals surface area (Å²) in [5.74, 6) is -0.663. The molecule has 0 saturated heterocycles. The van der Waals surface area contributed by atoms with Crippen LogP contribution in [0.2, 0.25) is 0 Å². The van der Waals surface area contributed by atoms with Crippen LogP contribution in [0, 0.1) is 6.92 Å². The Morgan fingerprint density at radius 3 is 2.22 bits per heavy atom. The zero-order valence-electron chi connectivity index (χ0n) is 23.6. The maximum absolute atomic E-state index is 14.3. The molecule has 1 saturated carbocycles. The van der Waals surface area contributed by atoms with Gasteiger partial charge >= 0.3 is 0 Å². The average Bonchev–Trinajstić information content (AvgIpc) is 2.95. The quantitative estimate of drug-likeness (QED) is 0.295. The van der Waals surface area contributed by atoms with Gasteiger partial charge in [0.15, 0.2) is 0 Å². The van der Waals surface area contributed by atoms with E-state index in [1.807, 2.05) is 61.5 Å². The number of para-hydroxylation sites is 1. The lowest BCUT2D eigenvalue weighted by Gasteiger charge is -2.35. The van der Waals surface area contributed by atoms with Crippen molar-refractivity contribution in [2.75, 3.05) is 17.1 Å². The number of aryl methyl sites for hydroxylation is 1. The van der Waals surface area contributed by atoms with Crippen molar-refractivity contribution in [2.45, 2.75) is 64.1 Å². The van der Waals surface area contributed by atoms with Gasteiger partial charge in [0.1, 0.15) is 12.6 Å². The number of rotatable bonds is 11. The molecule has 0 spiro atoms. The van der Waals surface area contributed by atoms with Crippen LogP contribution in [0.4, 0.5) is 5.69 Å². The summed E-state index contributed by atoms with van der Waals surface area (Å²) in [5, 5.41) is 3.23. The van der Waals surface area contributed by atoms with E-state index in [9.17, 15) is 18.0 Å². The predicted octanol–water partition coefficient (Wildman–Crippen LogP) is 5.61. The van der Waals surface area contributed by atoms with Crippen LogP contribution in [0.1, 0.15) is 48.8 Å². The fourth-order valence-electron chi connectivity index (χ4n) is 5.32. The van der Waals surface area contributed by atoms with Crippen LogP contribution in [0.25, 0.3) is 0 Å². The number of nitrogens with one attached hydrogen (secondary N) is 1. The molecular formula is C32H38BrN3O4S. The molecule has 7 nitrogen and oxygen atoms in total. The molecule has 0 aliphatic heterocycles. The number of carbonyl (C=O) groups excluding carboxylic acids is 2. The fraction of sp³-hybridized carbons (Fsp3) is 0.375. The highest BCUT2D eigenvalue weighted by atomic mass is 79.9. The van der Waals surface area contributed by atoms with Crippen LogP contribution >= 0.6 is 15.9 Å². The molecule has 1 fully saturated rings. The van der Waals surface area contributed by atoms with E-state index in [1.54, 1.807) is 29.2 Å². The number of anilines is 1. The van der Waals surface area contributed by atoms with Crippen molar-refractivity contribution in [1.29, 1.82) is 0 Å². The number of halogens is 1. The lowest BCUT2D eigenvalue weighted by atomic mass is 9.94. The summed E-state index contributed by atoms with van der Waals surface area (Å²) in [6.07, 6.45) is 6.52. The summed E-state index contributed by atoms with van der Waals surface area (Å²) in [7, 11) is -3.82. The monoisotopic (exact) mass is 639 g/mol. The summed E-state index contributed by atoms with van der Waals surface area (Å²) in [6, 6.07) is 23.5. The lowest BCUT2D eigenvalue weighted by Crippen LogP contribution is -2.55. The Labute approximate surface area is 252 Å². The average molecular weight is 641 g/mol. The Morgan fingerprint density at radius 2 is 1.56 bits per heavy atom. The van der Waals surface area contributed by atoms with Crippen LogP contribution in [-0.4, -0.2) is 50.0 Å². The van der Waals surface area contributed by atoms with Crippen molar-refractivity contribution >= 4 is 43.5 Å². The third-order valence-corrected chi connectivity index (χ3v) is 9.42. The molecule has 0 bridgehead atoms. The number of benzene rings is 3. The first-order valence-corrected chi connectivity index (χ1v) is 16.7. The van der Waals surface area contributed by atoms with Gasteiger partial charge in [-0.05, 0) is 64.5 Å². The highest BCUT2D eigenvalue weighted by Crippen LogP contribution is 2.28. The number of carbonyl (C=O) groups is 2. The van der Waals surface area contributed by atoms with Crippen molar-refractivity contribution in [3.8, 4) is 0 Å². The molecule has 3 aromatic carbocycles. The van der Waals surface area contributed by atoms with Gasteiger partial charge in [0, 0.05) is 23.5 Å². The summed E-state index contributed by atoms with van der Waals surface area (Å²) < 4.78 is 27.6. The van der Waals surface area contributed by atoms with Crippen molar-refractivity contribution in [3.05, 3.63) is 100 Å². The Hall–Kier alpha value is -3.17. The summed E-state index contributed by atoms with van der Waals surface area (Å²) in [5.41, 5.74) is 3.17. The molecule has 218 valence electrons. The van der Waals surface area contributed by atoms with Crippen LogP contribution in [-0.2, 0) is 32.6 Å². The molecule has 1 atom stereocenters. The highest BCUT2D eigenvalue weighted by Gasteiger charge is 2.34. The molecule has 1 N–H and O–H groups in total. The van der Waals surface area contributed by atoms with Crippen LogP contribution in [0.3, 0.4) is 0 Å². The summed E-state index contributed by atoms with van der Waals surface area (Å²) in [6.45, 7) is 1.71. The Kier molecular flexibility index (Phi) is 10.6. The third-order valence-electron chi connectivity index (χ3n) is 7.62. The molecule has 9 heteroatoms. The van der Waals surface area contributed by atoms with Crippen molar-refractivity contribution < 1.29 is 18.0 Å². The zero-order valence-corrected chi connectivity index (χ0v) is 26.0. The van der Waals surface area contributed by atoms with Gasteiger partial charge in [-0.1, -0.05) is 86.0 Å². The molecule has 0 aromatic heterocycles. The van der Waals surface area contributed by atoms with Gasteiger partial charge in [-0.25, -0.2) is 8.42 Å². The van der Waals surface area contributed by atoms with E-state index >= 15 is 0 Å². The van der Waals surface area contributed by atoms with Crippen molar-refractivity contribution in [1.82, 2.24) is 10.2 Å². The fourth-order valence-corrected chi connectivity index (χ4v) is 6.80. The minimum atomic E-state index is -3.82. The van der Waals surface area contributed by atoms with Crippen LogP contribution in [0.15, 0.2) is 83.3 Å². The molecule has 1 unspecified atom stereocenters. The molecule has 3 aromatic rings. The number of nitrogens with zero attached hydrogens (tertiary/aromatic N) is 2. The number of sulfonamides is 1. The highest BCUT2D eigenvalue weighted by molar-refractivity contribution is 9.10. The second-order valence-corrected chi connectivity index (χ2v) is 13.5. The molecule has 41 heavy (non-hydrogen) atoms. The van der Waals surface area contributed by atoms with Crippen molar-refractivity contribution in [3.63, 3.8) is 0 Å². The maximum Gasteiger partial charge on any atom is 0.244 e. The standard InChI is InChI=1S/C32H38BrN3O4S/c1-24-13-9-10-16-26(24)22-35(31(37)23-36(41(2,39)40)29-20-12-11-19-28(29)33)30(21-25-14-5-3-6-15-25)32(38)34-27-17-7-4-8-18-27/h3,5-6,9-16,19-20,27,30H,4,7-8,17-18,21-23H2,1-2H3,(H,34,38). The van der Waals surface area contributed by atoms with Crippen molar-refractivity contribution in [2.24, 2.45) is 0 Å². The van der Waals surface area contributed by atoms with E-state index in [4.69, 9.17) is 0 Å². The van der Waals surface area contributed by atoms with Crippen LogP contribution in [0.5, 0.6) is 0 Å². The SMILES string of the molecule is Cc1ccccc1CN(C(=O)CN(c1ccccc1Br)S(C)(=O)=O)C(Cc1ccccc1)C(=O)NC1CCCCC1. The summed E-state index contributed by atoms with van der Waals surface area (Å²) >= 11 is 3.44. The number of hydrogen-bond acceptors (Lipinski definition) is 4. The normalized spacial score (nSPS) is 14.7. The van der Waals surface area contributed by atoms with Gasteiger partial charge in [0.2, 0.25) is 21.8 Å². The van der Waals surface area contributed by atoms with Crippen LogP contribution < -0.4 is 9.62 Å². The first kappa shape index (κ1) is 30.8. The number of hydrogen-bond donors (Lipinski definition) is 1. The van der Waals surface area contributed by atoms with Gasteiger partial charge in [-0.3, -0.25) is 13.9 Å². The zero-order chi connectivity index (χ0) is 29.4. The lowest BCUT2D eigenvalue weighted by molar-refractivity contribution is -0.140. The van der Waals surface area contributed by atoms with E-state index in [0.29, 0.717) is 16.6 Å². The first-order chi connectivity index (χ1) is 19.6. The largest absolute Gasteiger partial charge is 0.352 e. The molecule has 2 amide bonds. The van der Waals surface area contributed by atoms with Gasteiger partial charge in [-0.2, -0.15) is 0 Å². The Morgan fingerprint density at radius 1 is 0.927 bits per heavy atom. The van der Waals surface area contributed by atoms with E-state index in [1.165, 1.54) is 0 Å². The molecule has 1 aliphatic rings. The smallest absolute Gasteiger partial charge is 0.244 e. The van der Waals surface area contributed by atoms with E-state index in [2.05, 4.69) is 21.2 Å². The minimum absolute atomic E-state index is 0.0673.